The molecule has 1 amide bonds. The van der Waals surface area contributed by atoms with Gasteiger partial charge in [0, 0.05) is 42.1 Å². The van der Waals surface area contributed by atoms with Crippen LogP contribution in [0.3, 0.4) is 0 Å². The van der Waals surface area contributed by atoms with Crippen molar-refractivity contribution < 1.29 is 14.3 Å². The van der Waals surface area contributed by atoms with Gasteiger partial charge in [-0.1, -0.05) is 13.8 Å². The van der Waals surface area contributed by atoms with Crippen LogP contribution in [0.2, 0.25) is 0 Å². The molecule has 2 N–H and O–H groups in total. The number of Topliss-reactive ketones (excluding diaryl/α,β-unsaturated/α-hetero) is 1. The van der Waals surface area contributed by atoms with Crippen molar-refractivity contribution in [2.45, 2.75) is 33.6 Å². The van der Waals surface area contributed by atoms with Gasteiger partial charge in [-0.15, -0.1) is 0 Å². The van der Waals surface area contributed by atoms with Crippen LogP contribution in [-0.4, -0.2) is 43.0 Å². The average Bonchev–Trinajstić information content (AvgIpc) is 2.98. The number of H-pyrrole nitrogens is 1. The normalized spacial score (nSPS) is 18.7. The number of amides is 1. The molecule has 1 aromatic carbocycles. The lowest BCUT2D eigenvalue weighted by Gasteiger charge is -2.28. The van der Waals surface area contributed by atoms with Crippen LogP contribution in [0.4, 0.5) is 11.4 Å². The lowest BCUT2D eigenvalue weighted by Crippen LogP contribution is -2.36. The molecule has 1 aliphatic carbocycles. The summed E-state index contributed by atoms with van der Waals surface area (Å²) in [4.78, 5) is 30.9. The molecule has 0 spiro atoms. The van der Waals surface area contributed by atoms with Gasteiger partial charge in [-0.05, 0) is 48.6 Å². The van der Waals surface area contributed by atoms with Crippen LogP contribution >= 0.6 is 0 Å². The van der Waals surface area contributed by atoms with Crippen molar-refractivity contribution in [3.8, 4) is 0 Å². The van der Waals surface area contributed by atoms with Gasteiger partial charge in [-0.25, -0.2) is 0 Å². The van der Waals surface area contributed by atoms with Crippen molar-refractivity contribution in [3.63, 3.8) is 0 Å². The highest BCUT2D eigenvalue weighted by atomic mass is 16.5. The Morgan fingerprint density at radius 3 is 2.50 bits per heavy atom. The number of fused-ring (bicyclic) bond motifs is 1. The van der Waals surface area contributed by atoms with E-state index < -0.39 is 0 Å². The van der Waals surface area contributed by atoms with Crippen molar-refractivity contribution in [2.75, 3.05) is 36.5 Å². The highest BCUT2D eigenvalue weighted by Gasteiger charge is 2.35. The fraction of sp³-hybridized carbons (Fsp3) is 0.455. The molecule has 1 fully saturated rings. The van der Waals surface area contributed by atoms with Crippen LogP contribution in [0.1, 0.15) is 52.4 Å². The van der Waals surface area contributed by atoms with Gasteiger partial charge in [0.05, 0.1) is 13.2 Å². The number of aromatic nitrogens is 1. The number of nitrogens with one attached hydrogen (secondary N) is 2. The largest absolute Gasteiger partial charge is 0.378 e. The zero-order valence-electron chi connectivity index (χ0n) is 16.7. The maximum atomic E-state index is 12.8. The first-order chi connectivity index (χ1) is 13.3. The number of nitrogens with zero attached hydrogens (tertiary/aromatic N) is 1. The Hall–Kier alpha value is -2.60. The van der Waals surface area contributed by atoms with E-state index in [0.717, 1.165) is 55.4 Å². The molecule has 2 aliphatic rings. The summed E-state index contributed by atoms with van der Waals surface area (Å²) in [5.41, 5.74) is 4.59. The van der Waals surface area contributed by atoms with E-state index in [9.17, 15) is 9.59 Å². The summed E-state index contributed by atoms with van der Waals surface area (Å²) in [6, 6.07) is 7.85. The molecule has 6 heteroatoms. The molecule has 0 atom stereocenters. The number of morpholine rings is 1. The van der Waals surface area contributed by atoms with Crippen molar-refractivity contribution in [1.82, 2.24) is 4.98 Å². The third-order valence-electron chi connectivity index (χ3n) is 5.63. The number of anilines is 2. The Morgan fingerprint density at radius 2 is 1.82 bits per heavy atom. The molecule has 4 rings (SSSR count). The molecule has 6 nitrogen and oxygen atoms in total. The van der Waals surface area contributed by atoms with Crippen LogP contribution in [0, 0.1) is 12.3 Å². The number of ketones is 1. The fourth-order valence-corrected chi connectivity index (χ4v) is 4.23. The van der Waals surface area contributed by atoms with Crippen LogP contribution < -0.4 is 10.2 Å². The second-order valence-corrected chi connectivity index (χ2v) is 8.52. The summed E-state index contributed by atoms with van der Waals surface area (Å²) in [6.45, 7) is 9.25. The number of carbonyl (C=O) groups excluding carboxylic acids is 2. The Bertz CT molecular complexity index is 906. The standard InChI is InChI=1S/C22H27N3O3/c1-14-19-17(12-22(2,3)13-18(19)26)24-20(14)21(27)23-15-4-6-16(7-5-15)25-8-10-28-11-9-25/h4-7,24H,8-13H2,1-3H3,(H,23,27). The second kappa shape index (κ2) is 7.09. The van der Waals surface area contributed by atoms with E-state index in [1.165, 1.54) is 0 Å². The number of hydrogen-bond donors (Lipinski definition) is 2. The summed E-state index contributed by atoms with van der Waals surface area (Å²) in [7, 11) is 0. The van der Waals surface area contributed by atoms with Gasteiger partial charge in [0.1, 0.15) is 5.69 Å². The number of rotatable bonds is 3. The first-order valence-corrected chi connectivity index (χ1v) is 9.83. The third-order valence-corrected chi connectivity index (χ3v) is 5.63. The predicted molar refractivity (Wildman–Crippen MR) is 109 cm³/mol. The minimum atomic E-state index is -0.211. The van der Waals surface area contributed by atoms with Crippen molar-refractivity contribution in [1.29, 1.82) is 0 Å². The molecule has 0 unspecified atom stereocenters. The molecule has 0 radical (unpaired) electrons. The summed E-state index contributed by atoms with van der Waals surface area (Å²) in [6.07, 6.45) is 1.29. The summed E-state index contributed by atoms with van der Waals surface area (Å²) >= 11 is 0. The van der Waals surface area contributed by atoms with Crippen LogP contribution in [0.15, 0.2) is 24.3 Å². The van der Waals surface area contributed by atoms with Gasteiger partial charge < -0.3 is 19.9 Å². The predicted octanol–water partition coefficient (Wildman–Crippen LogP) is 3.57. The molecule has 2 aromatic rings. The van der Waals surface area contributed by atoms with E-state index >= 15 is 0 Å². The molecule has 1 aliphatic heterocycles. The molecular weight excluding hydrogens is 354 g/mol. The fourth-order valence-electron chi connectivity index (χ4n) is 4.23. The summed E-state index contributed by atoms with van der Waals surface area (Å²) < 4.78 is 5.39. The number of ether oxygens (including phenoxy) is 1. The Kier molecular flexibility index (Phi) is 4.75. The topological polar surface area (TPSA) is 74.4 Å². The SMILES string of the molecule is Cc1c(C(=O)Nc2ccc(N3CCOCC3)cc2)[nH]c2c1C(=O)CC(C)(C)C2. The molecule has 28 heavy (non-hydrogen) atoms. The van der Waals surface area contributed by atoms with E-state index in [1.807, 2.05) is 31.2 Å². The molecule has 0 saturated carbocycles. The average molecular weight is 381 g/mol. The minimum Gasteiger partial charge on any atom is -0.378 e. The van der Waals surface area contributed by atoms with E-state index in [4.69, 9.17) is 4.74 Å². The lowest BCUT2D eigenvalue weighted by molar-refractivity contribution is 0.0910. The Labute approximate surface area is 165 Å². The highest BCUT2D eigenvalue weighted by molar-refractivity contribution is 6.08. The Balaban J connectivity index is 1.51. The lowest BCUT2D eigenvalue weighted by atomic mass is 9.75. The van der Waals surface area contributed by atoms with E-state index in [-0.39, 0.29) is 17.1 Å². The third kappa shape index (κ3) is 3.56. The van der Waals surface area contributed by atoms with E-state index in [1.54, 1.807) is 0 Å². The zero-order chi connectivity index (χ0) is 19.9. The highest BCUT2D eigenvalue weighted by Crippen LogP contribution is 2.36. The summed E-state index contributed by atoms with van der Waals surface area (Å²) in [5.74, 6) is -0.0921. The minimum absolute atomic E-state index is 0.0789. The molecule has 2 heterocycles. The molecule has 1 aromatic heterocycles. The second-order valence-electron chi connectivity index (χ2n) is 8.52. The van der Waals surface area contributed by atoms with Gasteiger partial charge in [0.25, 0.3) is 5.91 Å². The van der Waals surface area contributed by atoms with Crippen LogP contribution in [0.5, 0.6) is 0 Å². The molecular formula is C22H27N3O3. The van der Waals surface area contributed by atoms with Gasteiger partial charge in [-0.2, -0.15) is 0 Å². The monoisotopic (exact) mass is 381 g/mol. The maximum absolute atomic E-state index is 12.8. The van der Waals surface area contributed by atoms with Crippen molar-refractivity contribution in [3.05, 3.63) is 46.8 Å². The summed E-state index contributed by atoms with van der Waals surface area (Å²) in [5, 5.41) is 2.95. The molecule has 148 valence electrons. The van der Waals surface area contributed by atoms with Gasteiger partial charge >= 0.3 is 0 Å². The quantitative estimate of drug-likeness (QED) is 0.852. The van der Waals surface area contributed by atoms with E-state index in [0.29, 0.717) is 17.7 Å². The number of benzene rings is 1. The van der Waals surface area contributed by atoms with E-state index in [2.05, 4.69) is 29.0 Å². The first kappa shape index (κ1) is 18.7. The van der Waals surface area contributed by atoms with Gasteiger partial charge in [0.15, 0.2) is 5.78 Å². The van der Waals surface area contributed by atoms with Gasteiger partial charge in [-0.3, -0.25) is 9.59 Å². The first-order valence-electron chi connectivity index (χ1n) is 9.83. The molecule has 1 saturated heterocycles. The number of hydrogen-bond acceptors (Lipinski definition) is 4. The molecule has 0 bridgehead atoms. The Morgan fingerprint density at radius 1 is 1.14 bits per heavy atom. The zero-order valence-corrected chi connectivity index (χ0v) is 16.7. The smallest absolute Gasteiger partial charge is 0.272 e. The number of aromatic amines is 1. The van der Waals surface area contributed by atoms with Crippen LogP contribution in [0.25, 0.3) is 0 Å². The van der Waals surface area contributed by atoms with Crippen molar-refractivity contribution in [2.24, 2.45) is 5.41 Å². The van der Waals surface area contributed by atoms with Crippen LogP contribution in [-0.2, 0) is 11.2 Å². The maximum Gasteiger partial charge on any atom is 0.272 e. The number of carbonyl (C=O) groups is 2. The van der Waals surface area contributed by atoms with Crippen molar-refractivity contribution >= 4 is 23.1 Å². The van der Waals surface area contributed by atoms with Gasteiger partial charge in [0.2, 0.25) is 0 Å².